The fraction of sp³-hybridized carbons (Fsp3) is 0.576. The molecule has 238 valence electrons. The molecule has 2 aromatic heterocycles. The van der Waals surface area contributed by atoms with E-state index in [0.717, 1.165) is 43.4 Å². The molecule has 1 unspecified atom stereocenters. The molecule has 0 radical (unpaired) electrons. The average Bonchev–Trinajstić information content (AvgIpc) is 3.39. The van der Waals surface area contributed by atoms with Crippen molar-refractivity contribution >= 4 is 23.2 Å². The van der Waals surface area contributed by atoms with Gasteiger partial charge in [-0.25, -0.2) is 4.98 Å². The number of amides is 2. The number of nitrogens with one attached hydrogen (secondary N) is 2. The fourth-order valence-electron chi connectivity index (χ4n) is 5.69. The number of carbonyl (C=O) groups is 3. The highest BCUT2D eigenvalue weighted by molar-refractivity contribution is 6.10. The van der Waals surface area contributed by atoms with Crippen LogP contribution in [0.5, 0.6) is 0 Å². The molecule has 2 N–H and O–H groups in total. The van der Waals surface area contributed by atoms with Gasteiger partial charge in [0.25, 0.3) is 5.91 Å². The summed E-state index contributed by atoms with van der Waals surface area (Å²) in [4.78, 5) is 43.8. The molecule has 1 aromatic carbocycles. The van der Waals surface area contributed by atoms with Crippen molar-refractivity contribution in [2.75, 3.05) is 6.54 Å². The minimum absolute atomic E-state index is 0.00446. The maximum Gasteiger partial charge on any atom is 0.383 e. The largest absolute Gasteiger partial charge is 0.383 e. The number of Topliss-reactive ketones (excluding diaryl/α,β-unsaturated/α-hetero) is 1. The number of aromatic nitrogens is 4. The van der Waals surface area contributed by atoms with Gasteiger partial charge < -0.3 is 10.6 Å². The van der Waals surface area contributed by atoms with E-state index in [-0.39, 0.29) is 37.1 Å². The van der Waals surface area contributed by atoms with Gasteiger partial charge in [0.15, 0.2) is 5.65 Å². The number of halogens is 2. The Kier molecular flexibility index (Phi) is 11.2. The number of rotatable bonds is 14. The van der Waals surface area contributed by atoms with Gasteiger partial charge in [0.2, 0.25) is 11.7 Å². The van der Waals surface area contributed by atoms with Crippen molar-refractivity contribution in [2.45, 2.75) is 97.4 Å². The van der Waals surface area contributed by atoms with E-state index in [1.165, 1.54) is 0 Å². The lowest BCUT2D eigenvalue weighted by Crippen LogP contribution is -2.55. The summed E-state index contributed by atoms with van der Waals surface area (Å²) in [6, 6.07) is 8.10. The molecule has 9 nitrogen and oxygen atoms in total. The van der Waals surface area contributed by atoms with E-state index in [0.29, 0.717) is 30.0 Å². The first kappa shape index (κ1) is 33.1. The Labute approximate surface area is 257 Å². The van der Waals surface area contributed by atoms with Gasteiger partial charge in [-0.3, -0.25) is 18.8 Å². The first-order valence-corrected chi connectivity index (χ1v) is 15.7. The monoisotopic (exact) mass is 610 g/mol. The molecule has 3 aromatic rings. The second-order valence-electron chi connectivity index (χ2n) is 12.8. The summed E-state index contributed by atoms with van der Waals surface area (Å²) in [6.45, 7) is 8.00. The highest BCUT2D eigenvalue weighted by Crippen LogP contribution is 2.30. The number of nitrogens with zero attached hydrogens (tertiary/aromatic N) is 4. The van der Waals surface area contributed by atoms with Crippen LogP contribution in [-0.4, -0.2) is 55.7 Å². The number of hydrogen-bond donors (Lipinski definition) is 2. The second-order valence-corrected chi connectivity index (χ2v) is 12.8. The van der Waals surface area contributed by atoms with Crippen LogP contribution in [0.3, 0.4) is 0 Å². The summed E-state index contributed by atoms with van der Waals surface area (Å²) >= 11 is 0. The number of hydrogen-bond acceptors (Lipinski definition) is 6. The van der Waals surface area contributed by atoms with Gasteiger partial charge in [0.05, 0.1) is 23.9 Å². The van der Waals surface area contributed by atoms with Crippen LogP contribution in [-0.2, 0) is 27.2 Å². The maximum atomic E-state index is 15.2. The summed E-state index contributed by atoms with van der Waals surface area (Å²) < 4.78 is 32.1. The van der Waals surface area contributed by atoms with Crippen LogP contribution in [0.15, 0.2) is 36.5 Å². The SMILES string of the molecule is CC(C)CCNC(=O)C(F)(F)C(=O)C(CC1CCCCC1)NC(=O)Cc1nnc2c(CC(C)C)nc(-c3ccccc3)cn12. The van der Waals surface area contributed by atoms with Crippen molar-refractivity contribution in [1.29, 1.82) is 0 Å². The van der Waals surface area contributed by atoms with Gasteiger partial charge in [-0.05, 0) is 37.0 Å². The van der Waals surface area contributed by atoms with Crippen molar-refractivity contribution in [2.24, 2.45) is 17.8 Å². The van der Waals surface area contributed by atoms with Gasteiger partial charge in [-0.2, -0.15) is 8.78 Å². The lowest BCUT2D eigenvalue weighted by atomic mass is 9.83. The minimum Gasteiger partial charge on any atom is -0.350 e. The number of alkyl halides is 2. The molecular weight excluding hydrogens is 566 g/mol. The molecule has 2 heterocycles. The van der Waals surface area contributed by atoms with Gasteiger partial charge >= 0.3 is 5.92 Å². The summed E-state index contributed by atoms with van der Waals surface area (Å²) in [5.41, 5.74) is 2.81. The molecule has 1 saturated carbocycles. The Hall–Kier alpha value is -3.76. The average molecular weight is 611 g/mol. The molecule has 1 aliphatic carbocycles. The van der Waals surface area contributed by atoms with Crippen molar-refractivity contribution in [3.05, 3.63) is 48.0 Å². The molecular formula is C33H44F2N6O3. The quantitative estimate of drug-likeness (QED) is 0.238. The van der Waals surface area contributed by atoms with Gasteiger partial charge in [-0.1, -0.05) is 90.1 Å². The zero-order valence-corrected chi connectivity index (χ0v) is 26.1. The van der Waals surface area contributed by atoms with Crippen molar-refractivity contribution in [3.63, 3.8) is 0 Å². The van der Waals surface area contributed by atoms with E-state index in [1.807, 2.05) is 44.2 Å². The summed E-state index contributed by atoms with van der Waals surface area (Å²) in [5.74, 6) is -7.34. The molecule has 1 aliphatic rings. The van der Waals surface area contributed by atoms with Gasteiger partial charge in [-0.15, -0.1) is 10.2 Å². The standard InChI is InChI=1S/C33H44F2N6O3/c1-21(2)15-16-36-32(44)33(34,35)30(43)25(18-23-11-7-5-8-12-23)38-29(42)19-28-39-40-31-26(17-22(3)4)37-27(20-41(28)31)24-13-9-6-10-14-24/h6,9-10,13-14,20-23,25H,5,7-8,11-12,15-19H2,1-4H3,(H,36,44)(H,38,42). The minimum atomic E-state index is -4.27. The zero-order valence-electron chi connectivity index (χ0n) is 26.1. The van der Waals surface area contributed by atoms with E-state index in [4.69, 9.17) is 4.98 Å². The predicted molar refractivity (Wildman–Crippen MR) is 164 cm³/mol. The number of ketones is 1. The molecule has 44 heavy (non-hydrogen) atoms. The molecule has 2 amide bonds. The highest BCUT2D eigenvalue weighted by atomic mass is 19.3. The van der Waals surface area contributed by atoms with Crippen LogP contribution >= 0.6 is 0 Å². The normalized spacial score (nSPS) is 15.1. The van der Waals surface area contributed by atoms with Crippen LogP contribution in [0, 0.1) is 17.8 Å². The molecule has 11 heteroatoms. The van der Waals surface area contributed by atoms with Crippen LogP contribution in [0.25, 0.3) is 16.9 Å². The molecule has 0 saturated heterocycles. The number of fused-ring (bicyclic) bond motifs is 1. The lowest BCUT2D eigenvalue weighted by Gasteiger charge is -2.28. The van der Waals surface area contributed by atoms with E-state index < -0.39 is 29.6 Å². The summed E-state index contributed by atoms with van der Waals surface area (Å²) in [7, 11) is 0. The Morgan fingerprint density at radius 2 is 1.70 bits per heavy atom. The first-order chi connectivity index (χ1) is 21.0. The summed E-state index contributed by atoms with van der Waals surface area (Å²) in [6.07, 6.45) is 7.17. The summed E-state index contributed by atoms with van der Waals surface area (Å²) in [5, 5.41) is 13.3. The Balaban J connectivity index is 1.57. The van der Waals surface area contributed by atoms with E-state index >= 15 is 8.78 Å². The van der Waals surface area contributed by atoms with Crippen LogP contribution in [0.2, 0.25) is 0 Å². The number of carbonyl (C=O) groups excluding carboxylic acids is 3. The van der Waals surface area contributed by atoms with Crippen molar-refractivity contribution < 1.29 is 23.2 Å². The van der Waals surface area contributed by atoms with E-state index in [2.05, 4.69) is 34.7 Å². The third-order valence-electron chi connectivity index (χ3n) is 8.07. The molecule has 0 bridgehead atoms. The second kappa shape index (κ2) is 14.8. The van der Waals surface area contributed by atoms with Gasteiger partial charge in [0, 0.05) is 18.3 Å². The smallest absolute Gasteiger partial charge is 0.350 e. The number of benzene rings is 1. The van der Waals surface area contributed by atoms with Crippen LogP contribution in [0.1, 0.15) is 84.2 Å². The van der Waals surface area contributed by atoms with E-state index in [1.54, 1.807) is 10.6 Å². The Bertz CT molecular complexity index is 1430. The Morgan fingerprint density at radius 3 is 2.36 bits per heavy atom. The van der Waals surface area contributed by atoms with Gasteiger partial charge in [0.1, 0.15) is 5.82 Å². The van der Waals surface area contributed by atoms with Crippen molar-refractivity contribution in [1.82, 2.24) is 30.2 Å². The predicted octanol–water partition coefficient (Wildman–Crippen LogP) is 5.35. The molecule has 4 rings (SSSR count). The molecule has 0 spiro atoms. The third kappa shape index (κ3) is 8.45. The topological polar surface area (TPSA) is 118 Å². The first-order valence-electron chi connectivity index (χ1n) is 15.7. The zero-order chi connectivity index (χ0) is 31.9. The Morgan fingerprint density at radius 1 is 1.00 bits per heavy atom. The van der Waals surface area contributed by atoms with E-state index in [9.17, 15) is 14.4 Å². The molecule has 0 aliphatic heterocycles. The third-order valence-corrected chi connectivity index (χ3v) is 8.07. The highest BCUT2D eigenvalue weighted by Gasteiger charge is 2.50. The molecule has 1 atom stereocenters. The van der Waals surface area contributed by atoms with Crippen LogP contribution < -0.4 is 10.6 Å². The maximum absolute atomic E-state index is 15.2. The van der Waals surface area contributed by atoms with Crippen molar-refractivity contribution in [3.8, 4) is 11.3 Å². The lowest BCUT2D eigenvalue weighted by molar-refractivity contribution is -0.160. The fourth-order valence-corrected chi connectivity index (χ4v) is 5.69. The molecule has 1 fully saturated rings. The van der Waals surface area contributed by atoms with Crippen LogP contribution in [0.4, 0.5) is 8.78 Å².